The second-order valence-electron chi connectivity index (χ2n) is 4.43. The van der Waals surface area contributed by atoms with E-state index in [2.05, 4.69) is 31.1 Å². The van der Waals surface area contributed by atoms with E-state index in [1.165, 1.54) is 12.8 Å². The summed E-state index contributed by atoms with van der Waals surface area (Å²) in [7, 11) is 2.19. The number of rotatable bonds is 8. The average molecular weight is 200 g/mol. The molecule has 14 heavy (non-hydrogen) atoms. The first-order valence-electron chi connectivity index (χ1n) is 5.71. The zero-order valence-corrected chi connectivity index (χ0v) is 9.75. The van der Waals surface area contributed by atoms with E-state index < -0.39 is 0 Å². The Bertz CT molecular complexity index is 146. The van der Waals surface area contributed by atoms with Crippen LogP contribution in [0, 0.1) is 0 Å². The molecule has 0 aromatic rings. The Morgan fingerprint density at radius 1 is 1.36 bits per heavy atom. The zero-order chi connectivity index (χ0) is 10.4. The van der Waals surface area contributed by atoms with Crippen LogP contribution in [0.5, 0.6) is 0 Å². The maximum absolute atomic E-state index is 5.53. The van der Waals surface area contributed by atoms with Gasteiger partial charge in [-0.05, 0) is 19.9 Å². The van der Waals surface area contributed by atoms with Gasteiger partial charge in [-0.3, -0.25) is 0 Å². The maximum Gasteiger partial charge on any atom is 0.0594 e. The first-order chi connectivity index (χ1) is 6.70. The van der Waals surface area contributed by atoms with Gasteiger partial charge in [0, 0.05) is 25.2 Å². The largest absolute Gasteiger partial charge is 0.379 e. The lowest BCUT2D eigenvalue weighted by Crippen LogP contribution is -2.29. The van der Waals surface area contributed by atoms with Crippen molar-refractivity contribution in [2.75, 3.05) is 33.4 Å². The van der Waals surface area contributed by atoms with E-state index in [0.29, 0.717) is 6.04 Å². The standard InChI is InChI=1S/C11H24N2O/c1-10(2)12-6-8-14-9-7-13(3)11-4-5-11/h10-12H,4-9H2,1-3H3. The van der Waals surface area contributed by atoms with Gasteiger partial charge in [0.05, 0.1) is 13.2 Å². The molecule has 1 N–H and O–H groups in total. The molecule has 3 nitrogen and oxygen atoms in total. The van der Waals surface area contributed by atoms with Gasteiger partial charge in [-0.1, -0.05) is 13.8 Å². The quantitative estimate of drug-likeness (QED) is 0.594. The van der Waals surface area contributed by atoms with Crippen LogP contribution in [-0.2, 0) is 4.74 Å². The molecule has 0 bridgehead atoms. The van der Waals surface area contributed by atoms with Crippen molar-refractivity contribution >= 4 is 0 Å². The molecule has 84 valence electrons. The van der Waals surface area contributed by atoms with Gasteiger partial charge in [0.2, 0.25) is 0 Å². The van der Waals surface area contributed by atoms with Crippen molar-refractivity contribution in [3.8, 4) is 0 Å². The Morgan fingerprint density at radius 3 is 2.64 bits per heavy atom. The summed E-state index contributed by atoms with van der Waals surface area (Å²) in [5.74, 6) is 0. The number of nitrogens with one attached hydrogen (secondary N) is 1. The Hall–Kier alpha value is -0.120. The highest BCUT2D eigenvalue weighted by molar-refractivity contribution is 4.81. The van der Waals surface area contributed by atoms with Crippen LogP contribution < -0.4 is 5.32 Å². The molecular weight excluding hydrogens is 176 g/mol. The van der Waals surface area contributed by atoms with Crippen LogP contribution in [0.1, 0.15) is 26.7 Å². The molecule has 0 spiro atoms. The minimum Gasteiger partial charge on any atom is -0.379 e. The van der Waals surface area contributed by atoms with Crippen molar-refractivity contribution in [2.45, 2.75) is 38.8 Å². The molecule has 0 unspecified atom stereocenters. The molecule has 0 heterocycles. The van der Waals surface area contributed by atoms with Crippen molar-refractivity contribution in [3.05, 3.63) is 0 Å². The van der Waals surface area contributed by atoms with Gasteiger partial charge in [-0.15, -0.1) is 0 Å². The van der Waals surface area contributed by atoms with Crippen molar-refractivity contribution in [2.24, 2.45) is 0 Å². The van der Waals surface area contributed by atoms with Gasteiger partial charge in [-0.2, -0.15) is 0 Å². The minimum absolute atomic E-state index is 0.563. The van der Waals surface area contributed by atoms with Crippen LogP contribution in [-0.4, -0.2) is 50.3 Å². The number of nitrogens with zero attached hydrogens (tertiary/aromatic N) is 1. The average Bonchev–Trinajstić information content (AvgIpc) is 2.92. The van der Waals surface area contributed by atoms with E-state index in [-0.39, 0.29) is 0 Å². The molecule has 0 amide bonds. The molecule has 1 rings (SSSR count). The normalized spacial score (nSPS) is 16.9. The van der Waals surface area contributed by atoms with E-state index in [1.807, 2.05) is 0 Å². The van der Waals surface area contributed by atoms with Crippen molar-refractivity contribution in [1.82, 2.24) is 10.2 Å². The van der Waals surface area contributed by atoms with Crippen molar-refractivity contribution in [3.63, 3.8) is 0 Å². The second kappa shape index (κ2) is 6.38. The van der Waals surface area contributed by atoms with Crippen LogP contribution in [0.2, 0.25) is 0 Å². The topological polar surface area (TPSA) is 24.5 Å². The lowest BCUT2D eigenvalue weighted by atomic mass is 10.4. The summed E-state index contributed by atoms with van der Waals surface area (Å²) in [5, 5.41) is 3.33. The Balaban J connectivity index is 1.79. The Labute approximate surface area is 87.8 Å². The number of ether oxygens (including phenoxy) is 1. The molecular formula is C11H24N2O. The molecule has 0 aromatic heterocycles. The second-order valence-corrected chi connectivity index (χ2v) is 4.43. The molecule has 1 fully saturated rings. The molecule has 1 aliphatic carbocycles. The highest BCUT2D eigenvalue weighted by Gasteiger charge is 2.25. The predicted molar refractivity (Wildman–Crippen MR) is 59.6 cm³/mol. The van der Waals surface area contributed by atoms with Crippen molar-refractivity contribution < 1.29 is 4.74 Å². The minimum atomic E-state index is 0.563. The fourth-order valence-electron chi connectivity index (χ4n) is 1.43. The summed E-state index contributed by atoms with van der Waals surface area (Å²) in [6.07, 6.45) is 2.76. The van der Waals surface area contributed by atoms with E-state index in [1.54, 1.807) is 0 Å². The first-order valence-corrected chi connectivity index (χ1v) is 5.71. The molecule has 0 radical (unpaired) electrons. The van der Waals surface area contributed by atoms with E-state index in [4.69, 9.17) is 4.74 Å². The molecule has 1 aliphatic rings. The number of likely N-dealkylation sites (N-methyl/N-ethyl adjacent to an activating group) is 1. The van der Waals surface area contributed by atoms with Crippen LogP contribution in [0.3, 0.4) is 0 Å². The molecule has 0 aliphatic heterocycles. The van der Waals surface area contributed by atoms with Gasteiger partial charge in [-0.25, -0.2) is 0 Å². The third-order valence-electron chi connectivity index (χ3n) is 2.56. The lowest BCUT2D eigenvalue weighted by Gasteiger charge is -2.15. The lowest BCUT2D eigenvalue weighted by molar-refractivity contribution is 0.110. The molecule has 0 saturated heterocycles. The van der Waals surface area contributed by atoms with Crippen LogP contribution in [0.25, 0.3) is 0 Å². The third-order valence-corrected chi connectivity index (χ3v) is 2.56. The SMILES string of the molecule is CC(C)NCCOCCN(C)C1CC1. The summed E-state index contributed by atoms with van der Waals surface area (Å²) >= 11 is 0. The summed E-state index contributed by atoms with van der Waals surface area (Å²) in [5.41, 5.74) is 0. The summed E-state index contributed by atoms with van der Waals surface area (Å²) in [6.45, 7) is 8.04. The predicted octanol–water partition coefficient (Wildman–Crippen LogP) is 1.10. The van der Waals surface area contributed by atoms with E-state index >= 15 is 0 Å². The highest BCUT2D eigenvalue weighted by atomic mass is 16.5. The first kappa shape index (κ1) is 12.0. The van der Waals surface area contributed by atoms with Crippen LogP contribution in [0.15, 0.2) is 0 Å². The van der Waals surface area contributed by atoms with Gasteiger partial charge in [0.15, 0.2) is 0 Å². The fourth-order valence-corrected chi connectivity index (χ4v) is 1.43. The molecule has 1 saturated carbocycles. The fraction of sp³-hybridized carbons (Fsp3) is 1.00. The molecule has 0 aromatic carbocycles. The molecule has 0 atom stereocenters. The van der Waals surface area contributed by atoms with Gasteiger partial charge in [0.1, 0.15) is 0 Å². The van der Waals surface area contributed by atoms with Gasteiger partial charge < -0.3 is 15.0 Å². The summed E-state index contributed by atoms with van der Waals surface area (Å²) in [4.78, 5) is 2.40. The van der Waals surface area contributed by atoms with E-state index in [0.717, 1.165) is 32.3 Å². The highest BCUT2D eigenvalue weighted by Crippen LogP contribution is 2.24. The Morgan fingerprint density at radius 2 is 2.07 bits per heavy atom. The van der Waals surface area contributed by atoms with Crippen molar-refractivity contribution in [1.29, 1.82) is 0 Å². The zero-order valence-electron chi connectivity index (χ0n) is 9.75. The number of hydrogen-bond acceptors (Lipinski definition) is 3. The molecule has 3 heteroatoms. The van der Waals surface area contributed by atoms with Gasteiger partial charge >= 0.3 is 0 Å². The van der Waals surface area contributed by atoms with E-state index in [9.17, 15) is 0 Å². The van der Waals surface area contributed by atoms with Crippen LogP contribution >= 0.6 is 0 Å². The maximum atomic E-state index is 5.53. The van der Waals surface area contributed by atoms with Crippen LogP contribution in [0.4, 0.5) is 0 Å². The summed E-state index contributed by atoms with van der Waals surface area (Å²) in [6, 6.07) is 1.42. The smallest absolute Gasteiger partial charge is 0.0594 e. The Kier molecular flexibility index (Phi) is 5.45. The third kappa shape index (κ3) is 5.58. The monoisotopic (exact) mass is 200 g/mol. The summed E-state index contributed by atoms with van der Waals surface area (Å²) < 4.78 is 5.53. The number of hydrogen-bond donors (Lipinski definition) is 1. The van der Waals surface area contributed by atoms with Gasteiger partial charge in [0.25, 0.3) is 0 Å².